The van der Waals surface area contributed by atoms with E-state index in [-0.39, 0.29) is 6.04 Å². The second-order valence-electron chi connectivity index (χ2n) is 4.09. The van der Waals surface area contributed by atoms with Crippen molar-refractivity contribution in [2.75, 3.05) is 47.1 Å². The molecule has 4 nitrogen and oxygen atoms in total. The van der Waals surface area contributed by atoms with E-state index in [4.69, 9.17) is 15.2 Å². The zero-order chi connectivity index (χ0) is 10.4. The highest BCUT2D eigenvalue weighted by Gasteiger charge is 2.23. The van der Waals surface area contributed by atoms with Crippen LogP contribution in [0.4, 0.5) is 0 Å². The molecule has 0 radical (unpaired) electrons. The minimum absolute atomic E-state index is 0.140. The summed E-state index contributed by atoms with van der Waals surface area (Å²) in [6, 6.07) is 0.140. The zero-order valence-corrected chi connectivity index (χ0v) is 9.24. The third-order valence-corrected chi connectivity index (χ3v) is 2.65. The normalized spacial score (nSPS) is 25.5. The van der Waals surface area contributed by atoms with Crippen molar-refractivity contribution in [3.8, 4) is 0 Å². The quantitative estimate of drug-likeness (QED) is 0.655. The number of nitrogens with zero attached hydrogens (tertiary/aromatic N) is 1. The zero-order valence-electron chi connectivity index (χ0n) is 9.24. The first kappa shape index (κ1) is 11.9. The fraction of sp³-hybridized carbons (Fsp3) is 1.00. The average molecular weight is 202 g/mol. The molecule has 4 heteroatoms. The Hall–Kier alpha value is -0.160. The molecule has 1 aliphatic heterocycles. The predicted molar refractivity (Wildman–Crippen MR) is 56.3 cm³/mol. The van der Waals surface area contributed by atoms with E-state index in [9.17, 15) is 0 Å². The first-order valence-electron chi connectivity index (χ1n) is 5.22. The summed E-state index contributed by atoms with van der Waals surface area (Å²) in [6.45, 7) is 4.71. The van der Waals surface area contributed by atoms with Gasteiger partial charge in [-0.1, -0.05) is 0 Å². The Labute approximate surface area is 86.3 Å². The van der Waals surface area contributed by atoms with Crippen LogP contribution < -0.4 is 5.73 Å². The lowest BCUT2D eigenvalue weighted by Gasteiger charge is -2.20. The van der Waals surface area contributed by atoms with Crippen molar-refractivity contribution >= 4 is 0 Å². The van der Waals surface area contributed by atoms with E-state index in [1.54, 1.807) is 14.2 Å². The van der Waals surface area contributed by atoms with Gasteiger partial charge in [0.05, 0.1) is 13.2 Å². The lowest BCUT2D eigenvalue weighted by Crippen LogP contribution is -2.39. The number of hydrogen-bond acceptors (Lipinski definition) is 4. The van der Waals surface area contributed by atoms with Crippen LogP contribution in [0.25, 0.3) is 0 Å². The molecular formula is C10H22N2O2. The lowest BCUT2D eigenvalue weighted by molar-refractivity contribution is 0.143. The molecule has 84 valence electrons. The highest BCUT2D eigenvalue weighted by molar-refractivity contribution is 4.78. The van der Waals surface area contributed by atoms with Crippen LogP contribution in [0.2, 0.25) is 0 Å². The van der Waals surface area contributed by atoms with Crippen LogP contribution in [0.5, 0.6) is 0 Å². The number of ether oxygens (including phenoxy) is 2. The molecule has 1 fully saturated rings. The second kappa shape index (κ2) is 6.35. The van der Waals surface area contributed by atoms with E-state index in [1.807, 2.05) is 0 Å². The van der Waals surface area contributed by atoms with Gasteiger partial charge in [0.2, 0.25) is 0 Å². The molecule has 2 N–H and O–H groups in total. The third-order valence-electron chi connectivity index (χ3n) is 2.65. The van der Waals surface area contributed by atoms with E-state index in [0.29, 0.717) is 12.5 Å². The Bertz CT molecular complexity index is 155. The third kappa shape index (κ3) is 3.92. The standard InChI is InChI=1S/C10H22N2O2/c1-13-7-9-3-4-12(5-9)6-10(11)8-14-2/h9-10H,3-8,11H2,1-2H3. The van der Waals surface area contributed by atoms with Crippen LogP contribution in [0.3, 0.4) is 0 Å². The fourth-order valence-corrected chi connectivity index (χ4v) is 2.05. The van der Waals surface area contributed by atoms with Crippen LogP contribution in [0.15, 0.2) is 0 Å². The minimum Gasteiger partial charge on any atom is -0.384 e. The van der Waals surface area contributed by atoms with Crippen molar-refractivity contribution in [2.45, 2.75) is 12.5 Å². The van der Waals surface area contributed by atoms with Crippen molar-refractivity contribution in [3.63, 3.8) is 0 Å². The Morgan fingerprint density at radius 2 is 2.21 bits per heavy atom. The molecule has 0 aliphatic carbocycles. The molecule has 1 saturated heterocycles. The summed E-state index contributed by atoms with van der Waals surface area (Å²) < 4.78 is 10.2. The van der Waals surface area contributed by atoms with Crippen molar-refractivity contribution in [3.05, 3.63) is 0 Å². The fourth-order valence-electron chi connectivity index (χ4n) is 2.05. The summed E-state index contributed by atoms with van der Waals surface area (Å²) in [6.07, 6.45) is 1.23. The summed E-state index contributed by atoms with van der Waals surface area (Å²) in [5, 5.41) is 0. The van der Waals surface area contributed by atoms with E-state index in [2.05, 4.69) is 4.90 Å². The van der Waals surface area contributed by atoms with Gasteiger partial charge in [-0.3, -0.25) is 0 Å². The van der Waals surface area contributed by atoms with E-state index in [0.717, 1.165) is 26.2 Å². The highest BCUT2D eigenvalue weighted by Crippen LogP contribution is 2.15. The molecule has 0 amide bonds. The average Bonchev–Trinajstić information content (AvgIpc) is 2.53. The summed E-state index contributed by atoms with van der Waals surface area (Å²) in [5.74, 6) is 0.690. The topological polar surface area (TPSA) is 47.7 Å². The molecule has 0 saturated carbocycles. The lowest BCUT2D eigenvalue weighted by atomic mass is 10.1. The van der Waals surface area contributed by atoms with Gasteiger partial charge in [-0.05, 0) is 18.9 Å². The van der Waals surface area contributed by atoms with Crippen molar-refractivity contribution < 1.29 is 9.47 Å². The summed E-state index contributed by atoms with van der Waals surface area (Å²) >= 11 is 0. The molecule has 0 aromatic rings. The Morgan fingerprint density at radius 3 is 2.86 bits per heavy atom. The molecule has 14 heavy (non-hydrogen) atoms. The molecule has 2 atom stereocenters. The van der Waals surface area contributed by atoms with Crippen molar-refractivity contribution in [1.82, 2.24) is 4.90 Å². The molecule has 1 rings (SSSR count). The van der Waals surface area contributed by atoms with Gasteiger partial charge in [-0.25, -0.2) is 0 Å². The van der Waals surface area contributed by atoms with E-state index < -0.39 is 0 Å². The van der Waals surface area contributed by atoms with Gasteiger partial charge in [0.25, 0.3) is 0 Å². The van der Waals surface area contributed by atoms with E-state index in [1.165, 1.54) is 6.42 Å². The number of methoxy groups -OCH3 is 2. The first-order chi connectivity index (χ1) is 6.76. The van der Waals surface area contributed by atoms with Gasteiger partial charge < -0.3 is 20.1 Å². The monoisotopic (exact) mass is 202 g/mol. The maximum atomic E-state index is 5.89. The Kier molecular flexibility index (Phi) is 5.40. The smallest absolute Gasteiger partial charge is 0.0626 e. The second-order valence-corrected chi connectivity index (χ2v) is 4.09. The number of nitrogens with two attached hydrogens (primary N) is 1. The SMILES string of the molecule is COCC(N)CN1CCC(COC)C1. The molecule has 0 spiro atoms. The van der Waals surface area contributed by atoms with Crippen LogP contribution in [0, 0.1) is 5.92 Å². The van der Waals surface area contributed by atoms with Crippen molar-refractivity contribution in [2.24, 2.45) is 11.7 Å². The van der Waals surface area contributed by atoms with Gasteiger partial charge in [0, 0.05) is 33.4 Å². The van der Waals surface area contributed by atoms with Crippen LogP contribution in [-0.4, -0.2) is 58.0 Å². The molecule has 1 aliphatic rings. The highest BCUT2D eigenvalue weighted by atomic mass is 16.5. The molecule has 0 aromatic carbocycles. The summed E-state index contributed by atoms with van der Waals surface area (Å²) in [4.78, 5) is 2.40. The van der Waals surface area contributed by atoms with Crippen molar-refractivity contribution in [1.29, 1.82) is 0 Å². The molecule has 0 aromatic heterocycles. The molecule has 1 heterocycles. The van der Waals surface area contributed by atoms with Crippen LogP contribution in [0.1, 0.15) is 6.42 Å². The maximum absolute atomic E-state index is 5.89. The summed E-state index contributed by atoms with van der Waals surface area (Å²) in [7, 11) is 3.46. The van der Waals surface area contributed by atoms with Gasteiger partial charge in [0.1, 0.15) is 0 Å². The van der Waals surface area contributed by atoms with Gasteiger partial charge in [-0.2, -0.15) is 0 Å². The van der Waals surface area contributed by atoms with E-state index >= 15 is 0 Å². The number of likely N-dealkylation sites (tertiary alicyclic amines) is 1. The summed E-state index contributed by atoms with van der Waals surface area (Å²) in [5.41, 5.74) is 5.89. The van der Waals surface area contributed by atoms with Gasteiger partial charge >= 0.3 is 0 Å². The maximum Gasteiger partial charge on any atom is 0.0626 e. The predicted octanol–water partition coefficient (Wildman–Crippen LogP) is -0.0716. The molecule has 2 unspecified atom stereocenters. The Morgan fingerprint density at radius 1 is 1.43 bits per heavy atom. The molecular weight excluding hydrogens is 180 g/mol. The minimum atomic E-state index is 0.140. The molecule has 0 bridgehead atoms. The number of rotatable bonds is 6. The van der Waals surface area contributed by atoms with Crippen LogP contribution in [-0.2, 0) is 9.47 Å². The van der Waals surface area contributed by atoms with Crippen LogP contribution >= 0.6 is 0 Å². The van der Waals surface area contributed by atoms with Gasteiger partial charge in [0.15, 0.2) is 0 Å². The Balaban J connectivity index is 2.15. The van der Waals surface area contributed by atoms with Gasteiger partial charge in [-0.15, -0.1) is 0 Å². The largest absolute Gasteiger partial charge is 0.384 e. The number of hydrogen-bond donors (Lipinski definition) is 1. The first-order valence-corrected chi connectivity index (χ1v) is 5.22.